The Balaban J connectivity index is 2.65. The molecular weight excluding hydrogens is 170 g/mol. The van der Waals surface area contributed by atoms with E-state index in [1.165, 1.54) is 11.3 Å². The highest BCUT2D eigenvalue weighted by molar-refractivity contribution is 7.09. The van der Waals surface area contributed by atoms with Gasteiger partial charge in [-0.25, -0.2) is 4.98 Å². The number of aliphatic hydroxyl groups is 1. The van der Waals surface area contributed by atoms with E-state index in [-0.39, 0.29) is 0 Å². The summed E-state index contributed by atoms with van der Waals surface area (Å²) in [5.41, 5.74) is -0.789. The summed E-state index contributed by atoms with van der Waals surface area (Å²) in [5, 5.41) is 12.6. The van der Waals surface area contributed by atoms with E-state index >= 15 is 0 Å². The lowest BCUT2D eigenvalue weighted by atomic mass is 10.0. The van der Waals surface area contributed by atoms with E-state index in [1.54, 1.807) is 13.1 Å². The van der Waals surface area contributed by atoms with Gasteiger partial charge in [0.05, 0.1) is 0 Å². The van der Waals surface area contributed by atoms with Crippen LogP contribution in [0.3, 0.4) is 0 Å². The van der Waals surface area contributed by atoms with Crippen LogP contribution in [-0.4, -0.2) is 10.1 Å². The smallest absolute Gasteiger partial charge is 0.124 e. The minimum atomic E-state index is -0.789. The van der Waals surface area contributed by atoms with E-state index in [0.29, 0.717) is 6.42 Å². The quantitative estimate of drug-likeness (QED) is 0.727. The Morgan fingerprint density at radius 2 is 2.58 bits per heavy atom. The van der Waals surface area contributed by atoms with Gasteiger partial charge in [-0.15, -0.1) is 17.9 Å². The van der Waals surface area contributed by atoms with Crippen LogP contribution in [0, 0.1) is 0 Å². The highest BCUT2D eigenvalue weighted by Crippen LogP contribution is 2.27. The van der Waals surface area contributed by atoms with Gasteiger partial charge in [0, 0.05) is 11.6 Å². The van der Waals surface area contributed by atoms with Crippen LogP contribution in [-0.2, 0) is 5.60 Å². The van der Waals surface area contributed by atoms with Crippen LogP contribution in [0.4, 0.5) is 0 Å². The zero-order chi connectivity index (χ0) is 9.03. The summed E-state index contributed by atoms with van der Waals surface area (Å²) < 4.78 is 0. The van der Waals surface area contributed by atoms with Crippen molar-refractivity contribution in [3.63, 3.8) is 0 Å². The van der Waals surface area contributed by atoms with Gasteiger partial charge in [-0.1, -0.05) is 6.08 Å². The Labute approximate surface area is 76.6 Å². The molecule has 1 N–H and O–H groups in total. The molecule has 0 saturated heterocycles. The molecule has 1 aromatic rings. The van der Waals surface area contributed by atoms with E-state index in [0.717, 1.165) is 11.4 Å². The molecule has 0 aliphatic heterocycles. The summed E-state index contributed by atoms with van der Waals surface area (Å²) in [5.74, 6) is 0. The second-order valence-corrected chi connectivity index (χ2v) is 3.83. The normalized spacial score (nSPS) is 15.5. The van der Waals surface area contributed by atoms with Crippen molar-refractivity contribution in [2.45, 2.75) is 25.4 Å². The third-order valence-corrected chi connectivity index (χ3v) is 2.75. The molecule has 1 atom stereocenters. The number of thiazole rings is 1. The number of hydrogen-bond donors (Lipinski definition) is 1. The van der Waals surface area contributed by atoms with E-state index in [4.69, 9.17) is 0 Å². The van der Waals surface area contributed by atoms with Gasteiger partial charge in [-0.3, -0.25) is 0 Å². The van der Waals surface area contributed by atoms with Crippen molar-refractivity contribution in [2.75, 3.05) is 0 Å². The van der Waals surface area contributed by atoms with E-state index < -0.39 is 5.60 Å². The SMILES string of the molecule is C=CCCC(C)(O)c1nccs1. The summed E-state index contributed by atoms with van der Waals surface area (Å²) in [6.45, 7) is 5.40. The van der Waals surface area contributed by atoms with Crippen LogP contribution in [0.15, 0.2) is 24.2 Å². The lowest BCUT2D eigenvalue weighted by Gasteiger charge is -2.19. The molecule has 66 valence electrons. The van der Waals surface area contributed by atoms with Crippen molar-refractivity contribution in [1.82, 2.24) is 4.98 Å². The van der Waals surface area contributed by atoms with Crippen molar-refractivity contribution < 1.29 is 5.11 Å². The predicted molar refractivity (Wildman–Crippen MR) is 51.1 cm³/mol. The summed E-state index contributed by atoms with van der Waals surface area (Å²) in [6.07, 6.45) is 5.01. The number of allylic oxidation sites excluding steroid dienone is 1. The first-order chi connectivity index (χ1) is 5.67. The fourth-order valence-corrected chi connectivity index (χ4v) is 1.71. The number of nitrogens with zero attached hydrogens (tertiary/aromatic N) is 1. The Morgan fingerprint density at radius 3 is 3.08 bits per heavy atom. The monoisotopic (exact) mass is 183 g/mol. The van der Waals surface area contributed by atoms with Gasteiger partial charge in [0.1, 0.15) is 10.6 Å². The van der Waals surface area contributed by atoms with Gasteiger partial charge in [0.2, 0.25) is 0 Å². The maximum absolute atomic E-state index is 9.91. The molecular formula is C9H13NOS. The lowest BCUT2D eigenvalue weighted by molar-refractivity contribution is 0.0485. The molecule has 0 saturated carbocycles. The van der Waals surface area contributed by atoms with Crippen LogP contribution in [0.1, 0.15) is 24.8 Å². The minimum absolute atomic E-state index is 0.685. The Kier molecular flexibility index (Phi) is 3.00. The zero-order valence-electron chi connectivity index (χ0n) is 7.16. The molecule has 0 aliphatic rings. The van der Waals surface area contributed by atoms with Gasteiger partial charge in [-0.2, -0.15) is 0 Å². The van der Waals surface area contributed by atoms with Crippen molar-refractivity contribution in [3.8, 4) is 0 Å². The van der Waals surface area contributed by atoms with E-state index in [1.807, 2.05) is 11.5 Å². The molecule has 0 bridgehead atoms. The summed E-state index contributed by atoms with van der Waals surface area (Å²) >= 11 is 1.48. The molecule has 0 radical (unpaired) electrons. The van der Waals surface area contributed by atoms with Crippen LogP contribution < -0.4 is 0 Å². The second-order valence-electron chi connectivity index (χ2n) is 2.94. The Morgan fingerprint density at radius 1 is 1.83 bits per heavy atom. The van der Waals surface area contributed by atoms with E-state index in [9.17, 15) is 5.11 Å². The third-order valence-electron chi connectivity index (χ3n) is 1.73. The van der Waals surface area contributed by atoms with Crippen LogP contribution in [0.5, 0.6) is 0 Å². The lowest BCUT2D eigenvalue weighted by Crippen LogP contribution is -2.20. The molecule has 2 nitrogen and oxygen atoms in total. The molecule has 1 rings (SSSR count). The van der Waals surface area contributed by atoms with Crippen molar-refractivity contribution in [2.24, 2.45) is 0 Å². The first-order valence-corrected chi connectivity index (χ1v) is 4.78. The molecule has 3 heteroatoms. The van der Waals surface area contributed by atoms with Gasteiger partial charge < -0.3 is 5.11 Å². The van der Waals surface area contributed by atoms with Crippen molar-refractivity contribution in [3.05, 3.63) is 29.2 Å². The molecule has 1 aromatic heterocycles. The molecule has 0 amide bonds. The maximum Gasteiger partial charge on any atom is 0.124 e. The highest BCUT2D eigenvalue weighted by Gasteiger charge is 2.24. The number of rotatable bonds is 4. The zero-order valence-corrected chi connectivity index (χ0v) is 7.97. The van der Waals surface area contributed by atoms with Gasteiger partial charge in [0.15, 0.2) is 0 Å². The molecule has 0 aliphatic carbocycles. The van der Waals surface area contributed by atoms with Gasteiger partial charge in [0.25, 0.3) is 0 Å². The summed E-state index contributed by atoms with van der Waals surface area (Å²) in [4.78, 5) is 4.08. The minimum Gasteiger partial charge on any atom is -0.383 e. The van der Waals surface area contributed by atoms with E-state index in [2.05, 4.69) is 11.6 Å². The fraction of sp³-hybridized carbons (Fsp3) is 0.444. The number of hydrogen-bond acceptors (Lipinski definition) is 3. The van der Waals surface area contributed by atoms with Crippen molar-refractivity contribution in [1.29, 1.82) is 0 Å². The topological polar surface area (TPSA) is 33.1 Å². The summed E-state index contributed by atoms with van der Waals surface area (Å²) in [6, 6.07) is 0. The third kappa shape index (κ3) is 2.16. The molecule has 0 spiro atoms. The first kappa shape index (κ1) is 9.42. The highest BCUT2D eigenvalue weighted by atomic mass is 32.1. The predicted octanol–water partition coefficient (Wildman–Crippen LogP) is 2.32. The molecule has 12 heavy (non-hydrogen) atoms. The van der Waals surface area contributed by atoms with Crippen LogP contribution in [0.2, 0.25) is 0 Å². The average Bonchev–Trinajstić information content (AvgIpc) is 2.53. The Bertz CT molecular complexity index is 241. The fourth-order valence-electron chi connectivity index (χ4n) is 0.979. The summed E-state index contributed by atoms with van der Waals surface area (Å²) in [7, 11) is 0. The number of aromatic nitrogens is 1. The average molecular weight is 183 g/mol. The standard InChI is InChI=1S/C9H13NOS/c1-3-4-5-9(2,11)8-10-6-7-12-8/h3,6-7,11H,1,4-5H2,2H3. The molecule has 1 unspecified atom stereocenters. The van der Waals surface area contributed by atoms with Gasteiger partial charge >= 0.3 is 0 Å². The molecule has 1 heterocycles. The largest absolute Gasteiger partial charge is 0.383 e. The molecule has 0 fully saturated rings. The van der Waals surface area contributed by atoms with Gasteiger partial charge in [-0.05, 0) is 19.8 Å². The second kappa shape index (κ2) is 3.83. The van der Waals surface area contributed by atoms with Crippen LogP contribution >= 0.6 is 11.3 Å². The van der Waals surface area contributed by atoms with Crippen LogP contribution in [0.25, 0.3) is 0 Å². The first-order valence-electron chi connectivity index (χ1n) is 3.90. The Hall–Kier alpha value is -0.670. The maximum atomic E-state index is 9.91. The molecule has 0 aromatic carbocycles. The van der Waals surface area contributed by atoms with Crippen molar-refractivity contribution >= 4 is 11.3 Å².